The largest absolute Gasteiger partial charge is 0.478 e. The van der Waals surface area contributed by atoms with Gasteiger partial charge in [-0.25, -0.2) is 4.79 Å². The highest BCUT2D eigenvalue weighted by atomic mass is 16.5. The van der Waals surface area contributed by atoms with E-state index in [-0.39, 0.29) is 23.5 Å². The Kier molecular flexibility index (Phi) is 4.74. The van der Waals surface area contributed by atoms with Crippen molar-refractivity contribution in [2.45, 2.75) is 25.9 Å². The molecule has 2 atom stereocenters. The number of aromatic carboxylic acids is 1. The first-order chi connectivity index (χ1) is 9.59. The van der Waals surface area contributed by atoms with Gasteiger partial charge in [0.2, 0.25) is 5.91 Å². The molecule has 1 amide bonds. The van der Waals surface area contributed by atoms with Gasteiger partial charge >= 0.3 is 5.97 Å². The molecule has 2 N–H and O–H groups in total. The fraction of sp³-hybridized carbons (Fsp3) is 0.467. The second kappa shape index (κ2) is 6.52. The molecule has 0 aromatic heterocycles. The number of carbonyl (C=O) groups is 2. The lowest BCUT2D eigenvalue weighted by molar-refractivity contribution is -0.131. The number of carboxylic acid groups (broad SMARTS) is 1. The van der Waals surface area contributed by atoms with E-state index in [9.17, 15) is 9.59 Å². The Labute approximate surface area is 117 Å². The molecule has 0 saturated carbocycles. The SMILES string of the molecule is CC1CCOC1C(=O)NCCc1ccccc1C(=O)O. The molecule has 1 aromatic rings. The summed E-state index contributed by atoms with van der Waals surface area (Å²) in [6.45, 7) is 3.04. The number of ether oxygens (including phenoxy) is 1. The number of hydrogen-bond acceptors (Lipinski definition) is 3. The van der Waals surface area contributed by atoms with Gasteiger partial charge in [-0.05, 0) is 30.4 Å². The van der Waals surface area contributed by atoms with E-state index in [4.69, 9.17) is 9.84 Å². The fourth-order valence-electron chi connectivity index (χ4n) is 2.40. The topological polar surface area (TPSA) is 75.6 Å². The van der Waals surface area contributed by atoms with E-state index in [1.165, 1.54) is 0 Å². The van der Waals surface area contributed by atoms with Gasteiger partial charge in [-0.15, -0.1) is 0 Å². The van der Waals surface area contributed by atoms with Crippen LogP contribution in [0.15, 0.2) is 24.3 Å². The summed E-state index contributed by atoms with van der Waals surface area (Å²) in [6, 6.07) is 6.83. The molecule has 1 aromatic carbocycles. The van der Waals surface area contributed by atoms with Crippen LogP contribution < -0.4 is 5.32 Å². The van der Waals surface area contributed by atoms with E-state index in [0.717, 1.165) is 12.0 Å². The summed E-state index contributed by atoms with van der Waals surface area (Å²) in [5, 5.41) is 11.9. The van der Waals surface area contributed by atoms with Gasteiger partial charge in [0.1, 0.15) is 6.10 Å². The second-order valence-corrected chi connectivity index (χ2v) is 5.06. The lowest BCUT2D eigenvalue weighted by Crippen LogP contribution is -2.38. The first-order valence-electron chi connectivity index (χ1n) is 6.80. The maximum absolute atomic E-state index is 11.9. The minimum absolute atomic E-state index is 0.109. The Morgan fingerprint density at radius 2 is 2.15 bits per heavy atom. The van der Waals surface area contributed by atoms with Crippen LogP contribution in [-0.4, -0.2) is 36.2 Å². The van der Waals surface area contributed by atoms with Crippen LogP contribution in [-0.2, 0) is 16.0 Å². The van der Waals surface area contributed by atoms with Gasteiger partial charge in [0, 0.05) is 13.2 Å². The Balaban J connectivity index is 1.87. The molecule has 1 fully saturated rings. The molecule has 1 heterocycles. The highest BCUT2D eigenvalue weighted by Gasteiger charge is 2.30. The fourth-order valence-corrected chi connectivity index (χ4v) is 2.40. The Morgan fingerprint density at radius 1 is 1.40 bits per heavy atom. The molecule has 1 aliphatic heterocycles. The van der Waals surface area contributed by atoms with Crippen molar-refractivity contribution in [3.63, 3.8) is 0 Å². The minimum atomic E-state index is -0.945. The number of carboxylic acids is 1. The number of hydrogen-bond donors (Lipinski definition) is 2. The molecule has 108 valence electrons. The van der Waals surface area contributed by atoms with Crippen LogP contribution >= 0.6 is 0 Å². The molecule has 0 aliphatic carbocycles. The van der Waals surface area contributed by atoms with Gasteiger partial charge in [0.25, 0.3) is 0 Å². The van der Waals surface area contributed by atoms with E-state index in [1.807, 2.05) is 6.92 Å². The number of rotatable bonds is 5. The lowest BCUT2D eigenvalue weighted by atomic mass is 10.0. The standard InChI is InChI=1S/C15H19NO4/c1-10-7-9-20-13(10)14(17)16-8-6-11-4-2-3-5-12(11)15(18)19/h2-5,10,13H,6-9H2,1H3,(H,16,17)(H,18,19). The van der Waals surface area contributed by atoms with Crippen molar-refractivity contribution in [1.29, 1.82) is 0 Å². The van der Waals surface area contributed by atoms with Crippen molar-refractivity contribution >= 4 is 11.9 Å². The molecule has 2 unspecified atom stereocenters. The van der Waals surface area contributed by atoms with Crippen molar-refractivity contribution in [3.8, 4) is 0 Å². The first kappa shape index (κ1) is 14.5. The van der Waals surface area contributed by atoms with Crippen LogP contribution in [0.1, 0.15) is 29.3 Å². The molecule has 1 aliphatic rings. The summed E-state index contributed by atoms with van der Waals surface area (Å²) >= 11 is 0. The van der Waals surface area contributed by atoms with Crippen molar-refractivity contribution in [2.75, 3.05) is 13.2 Å². The maximum Gasteiger partial charge on any atom is 0.335 e. The van der Waals surface area contributed by atoms with Gasteiger partial charge < -0.3 is 15.2 Å². The summed E-state index contributed by atoms with van der Waals surface area (Å²) in [6.07, 6.45) is 1.03. The molecular weight excluding hydrogens is 258 g/mol. The third-order valence-electron chi connectivity index (χ3n) is 3.59. The molecule has 0 spiro atoms. The molecule has 2 rings (SSSR count). The van der Waals surface area contributed by atoms with Crippen LogP contribution in [0.4, 0.5) is 0 Å². The predicted octanol–water partition coefficient (Wildman–Crippen LogP) is 1.47. The van der Waals surface area contributed by atoms with Crippen molar-refractivity contribution < 1.29 is 19.4 Å². The van der Waals surface area contributed by atoms with E-state index in [2.05, 4.69) is 5.32 Å². The molecule has 0 bridgehead atoms. The average Bonchev–Trinajstić information content (AvgIpc) is 2.85. The highest BCUT2D eigenvalue weighted by molar-refractivity contribution is 5.89. The number of amides is 1. The van der Waals surface area contributed by atoms with Gasteiger partial charge in [-0.1, -0.05) is 25.1 Å². The molecule has 1 saturated heterocycles. The van der Waals surface area contributed by atoms with Crippen LogP contribution in [0, 0.1) is 5.92 Å². The molecular formula is C15H19NO4. The monoisotopic (exact) mass is 277 g/mol. The van der Waals surface area contributed by atoms with Crippen molar-refractivity contribution in [2.24, 2.45) is 5.92 Å². The summed E-state index contributed by atoms with van der Waals surface area (Å²) < 4.78 is 5.39. The Hall–Kier alpha value is -1.88. The van der Waals surface area contributed by atoms with Gasteiger partial charge in [-0.3, -0.25) is 4.79 Å². The van der Waals surface area contributed by atoms with Crippen molar-refractivity contribution in [3.05, 3.63) is 35.4 Å². The molecule has 20 heavy (non-hydrogen) atoms. The zero-order valence-electron chi connectivity index (χ0n) is 11.5. The third-order valence-corrected chi connectivity index (χ3v) is 3.59. The number of nitrogens with one attached hydrogen (secondary N) is 1. The molecule has 5 heteroatoms. The van der Waals surface area contributed by atoms with Crippen LogP contribution in [0.25, 0.3) is 0 Å². The quantitative estimate of drug-likeness (QED) is 0.854. The summed E-state index contributed by atoms with van der Waals surface area (Å²) in [4.78, 5) is 23.0. The van der Waals surface area contributed by atoms with E-state index >= 15 is 0 Å². The molecule has 0 radical (unpaired) electrons. The van der Waals surface area contributed by atoms with Crippen LogP contribution in [0.3, 0.4) is 0 Å². The second-order valence-electron chi connectivity index (χ2n) is 5.06. The average molecular weight is 277 g/mol. The first-order valence-corrected chi connectivity index (χ1v) is 6.80. The zero-order chi connectivity index (χ0) is 14.5. The third kappa shape index (κ3) is 3.36. The normalized spacial score (nSPS) is 21.6. The van der Waals surface area contributed by atoms with E-state index < -0.39 is 5.97 Å². The maximum atomic E-state index is 11.9. The van der Waals surface area contributed by atoms with Gasteiger partial charge in [0.05, 0.1) is 5.56 Å². The predicted molar refractivity (Wildman–Crippen MR) is 73.6 cm³/mol. The summed E-state index contributed by atoms with van der Waals surface area (Å²) in [5.41, 5.74) is 1.01. The smallest absolute Gasteiger partial charge is 0.335 e. The van der Waals surface area contributed by atoms with Gasteiger partial charge in [0.15, 0.2) is 0 Å². The number of benzene rings is 1. The lowest BCUT2D eigenvalue weighted by Gasteiger charge is -2.14. The van der Waals surface area contributed by atoms with Gasteiger partial charge in [-0.2, -0.15) is 0 Å². The summed E-state index contributed by atoms with van der Waals surface area (Å²) in [7, 11) is 0. The number of carbonyl (C=O) groups excluding carboxylic acids is 1. The zero-order valence-corrected chi connectivity index (χ0v) is 11.5. The molecule has 5 nitrogen and oxygen atoms in total. The van der Waals surface area contributed by atoms with Crippen LogP contribution in [0.2, 0.25) is 0 Å². The minimum Gasteiger partial charge on any atom is -0.478 e. The Morgan fingerprint density at radius 3 is 2.80 bits per heavy atom. The van der Waals surface area contributed by atoms with Crippen LogP contribution in [0.5, 0.6) is 0 Å². The van der Waals surface area contributed by atoms with E-state index in [0.29, 0.717) is 19.6 Å². The Bertz CT molecular complexity index is 500. The van der Waals surface area contributed by atoms with E-state index in [1.54, 1.807) is 24.3 Å². The summed E-state index contributed by atoms with van der Waals surface area (Å²) in [5.74, 6) is -0.816. The van der Waals surface area contributed by atoms with Crippen molar-refractivity contribution in [1.82, 2.24) is 5.32 Å². The highest BCUT2D eigenvalue weighted by Crippen LogP contribution is 2.19.